The second-order valence-electron chi connectivity index (χ2n) is 4.00. The Labute approximate surface area is 102 Å². The Bertz CT molecular complexity index is 356. The van der Waals surface area contributed by atoms with Crippen LogP contribution in [0.3, 0.4) is 0 Å². The maximum Gasteiger partial charge on any atom is 0.223 e. The summed E-state index contributed by atoms with van der Waals surface area (Å²) in [6.45, 7) is 5.63. The molecule has 1 heterocycles. The van der Waals surface area contributed by atoms with Gasteiger partial charge in [-0.3, -0.25) is 0 Å². The third kappa shape index (κ3) is 3.74. The Hall–Kier alpha value is -1.56. The fraction of sp³-hybridized carbons (Fsp3) is 0.636. The van der Waals surface area contributed by atoms with Crippen LogP contribution in [0.5, 0.6) is 0 Å². The molecule has 17 heavy (non-hydrogen) atoms. The van der Waals surface area contributed by atoms with Gasteiger partial charge < -0.3 is 20.7 Å². The first-order valence-electron chi connectivity index (χ1n) is 5.66. The number of nitrogens with one attached hydrogen (secondary N) is 1. The number of aromatic nitrogens is 2. The van der Waals surface area contributed by atoms with Crippen molar-refractivity contribution < 1.29 is 4.74 Å². The number of anilines is 3. The molecule has 0 aromatic carbocycles. The summed E-state index contributed by atoms with van der Waals surface area (Å²) in [4.78, 5) is 10.5. The van der Waals surface area contributed by atoms with Gasteiger partial charge in [0.05, 0.1) is 6.61 Å². The molecule has 0 unspecified atom stereocenters. The lowest BCUT2D eigenvalue weighted by molar-refractivity contribution is 0.203. The molecule has 96 valence electrons. The van der Waals surface area contributed by atoms with Crippen LogP contribution in [0.1, 0.15) is 13.8 Å². The third-order valence-corrected chi connectivity index (χ3v) is 2.44. The second-order valence-corrected chi connectivity index (χ2v) is 4.00. The highest BCUT2D eigenvalue weighted by atomic mass is 16.5. The smallest absolute Gasteiger partial charge is 0.223 e. The molecule has 0 atom stereocenters. The summed E-state index contributed by atoms with van der Waals surface area (Å²) in [5, 5.41) is 2.97. The summed E-state index contributed by atoms with van der Waals surface area (Å²) in [7, 11) is 3.49. The molecular formula is C11H21N5O. The number of hydrogen-bond donors (Lipinski definition) is 2. The van der Waals surface area contributed by atoms with E-state index in [0.717, 1.165) is 18.2 Å². The fourth-order valence-corrected chi connectivity index (χ4v) is 1.55. The van der Waals surface area contributed by atoms with Gasteiger partial charge in [-0.05, 0) is 13.8 Å². The maximum absolute atomic E-state index is 5.68. The van der Waals surface area contributed by atoms with Crippen molar-refractivity contribution in [3.63, 3.8) is 0 Å². The molecule has 3 N–H and O–H groups in total. The van der Waals surface area contributed by atoms with E-state index < -0.39 is 0 Å². The maximum atomic E-state index is 5.68. The first-order chi connectivity index (χ1) is 8.08. The minimum absolute atomic E-state index is 0.273. The number of hydrogen-bond acceptors (Lipinski definition) is 6. The molecule has 1 rings (SSSR count). The van der Waals surface area contributed by atoms with E-state index in [1.807, 2.05) is 6.07 Å². The van der Waals surface area contributed by atoms with Crippen molar-refractivity contribution in [3.8, 4) is 0 Å². The normalized spacial score (nSPS) is 10.6. The van der Waals surface area contributed by atoms with E-state index in [1.54, 1.807) is 14.2 Å². The first-order valence-corrected chi connectivity index (χ1v) is 5.66. The quantitative estimate of drug-likeness (QED) is 0.770. The summed E-state index contributed by atoms with van der Waals surface area (Å²) in [5.74, 6) is 1.80. The van der Waals surface area contributed by atoms with Crippen molar-refractivity contribution in [3.05, 3.63) is 6.07 Å². The molecule has 0 saturated heterocycles. The molecule has 0 aliphatic heterocycles. The van der Waals surface area contributed by atoms with Crippen molar-refractivity contribution in [2.24, 2.45) is 0 Å². The molecule has 0 aliphatic carbocycles. The molecule has 0 aliphatic rings. The average molecular weight is 239 g/mol. The summed E-state index contributed by atoms with van der Waals surface area (Å²) in [6.07, 6.45) is 0. The fourth-order valence-electron chi connectivity index (χ4n) is 1.55. The van der Waals surface area contributed by atoms with E-state index in [1.165, 1.54) is 0 Å². The summed E-state index contributed by atoms with van der Waals surface area (Å²) in [5.41, 5.74) is 5.68. The Morgan fingerprint density at radius 1 is 1.47 bits per heavy atom. The summed E-state index contributed by atoms with van der Waals surface area (Å²) < 4.78 is 5.10. The van der Waals surface area contributed by atoms with Crippen LogP contribution in [0.25, 0.3) is 0 Å². The monoisotopic (exact) mass is 239 g/mol. The molecule has 0 fully saturated rings. The highest BCUT2D eigenvalue weighted by molar-refractivity contribution is 5.52. The average Bonchev–Trinajstić information content (AvgIpc) is 2.28. The van der Waals surface area contributed by atoms with Gasteiger partial charge in [0.15, 0.2) is 0 Å². The van der Waals surface area contributed by atoms with E-state index in [-0.39, 0.29) is 5.95 Å². The minimum atomic E-state index is 0.273. The molecule has 1 aromatic heterocycles. The van der Waals surface area contributed by atoms with Crippen molar-refractivity contribution in [2.45, 2.75) is 19.9 Å². The van der Waals surface area contributed by atoms with Gasteiger partial charge in [0.1, 0.15) is 11.6 Å². The van der Waals surface area contributed by atoms with Gasteiger partial charge in [-0.2, -0.15) is 9.97 Å². The van der Waals surface area contributed by atoms with Crippen LogP contribution in [0, 0.1) is 0 Å². The van der Waals surface area contributed by atoms with Crippen molar-refractivity contribution in [1.82, 2.24) is 9.97 Å². The topological polar surface area (TPSA) is 76.3 Å². The minimum Gasteiger partial charge on any atom is -0.383 e. The van der Waals surface area contributed by atoms with Gasteiger partial charge in [-0.15, -0.1) is 0 Å². The standard InChI is InChI=1S/C11H21N5O/c1-8(2)16(5-6-17-4)10-7-9(13-3)14-11(12)15-10/h7-8H,5-6H2,1-4H3,(H3,12,13,14,15). The zero-order valence-corrected chi connectivity index (χ0v) is 10.9. The largest absolute Gasteiger partial charge is 0.383 e. The summed E-state index contributed by atoms with van der Waals surface area (Å²) >= 11 is 0. The van der Waals surface area contributed by atoms with Gasteiger partial charge in [0.2, 0.25) is 5.95 Å². The van der Waals surface area contributed by atoms with E-state index in [9.17, 15) is 0 Å². The number of nitrogens with two attached hydrogens (primary N) is 1. The molecular weight excluding hydrogens is 218 g/mol. The van der Waals surface area contributed by atoms with Gasteiger partial charge in [0, 0.05) is 32.8 Å². The van der Waals surface area contributed by atoms with Gasteiger partial charge >= 0.3 is 0 Å². The van der Waals surface area contributed by atoms with Crippen molar-refractivity contribution in [1.29, 1.82) is 0 Å². The van der Waals surface area contributed by atoms with Crippen LogP contribution in [0.2, 0.25) is 0 Å². The SMILES string of the molecule is CNc1cc(N(CCOC)C(C)C)nc(N)n1. The van der Waals surface area contributed by atoms with Gasteiger partial charge in [0.25, 0.3) is 0 Å². The molecule has 0 bridgehead atoms. The highest BCUT2D eigenvalue weighted by Crippen LogP contribution is 2.18. The molecule has 6 heteroatoms. The number of ether oxygens (including phenoxy) is 1. The Kier molecular flexibility index (Phi) is 4.96. The van der Waals surface area contributed by atoms with Crippen molar-refractivity contribution in [2.75, 3.05) is 43.3 Å². The summed E-state index contributed by atoms with van der Waals surface area (Å²) in [6, 6.07) is 2.20. The van der Waals surface area contributed by atoms with E-state index >= 15 is 0 Å². The van der Waals surface area contributed by atoms with Crippen LogP contribution in [0.4, 0.5) is 17.6 Å². The molecule has 6 nitrogen and oxygen atoms in total. The molecule has 0 radical (unpaired) electrons. The molecule has 0 amide bonds. The Morgan fingerprint density at radius 2 is 2.18 bits per heavy atom. The number of nitrogen functional groups attached to an aromatic ring is 1. The van der Waals surface area contributed by atoms with Crippen LogP contribution >= 0.6 is 0 Å². The first kappa shape index (κ1) is 13.5. The lowest BCUT2D eigenvalue weighted by Crippen LogP contribution is -2.34. The Balaban J connectivity index is 2.96. The van der Waals surface area contributed by atoms with Crippen LogP contribution in [-0.2, 0) is 4.74 Å². The molecule has 0 spiro atoms. The number of methoxy groups -OCH3 is 1. The van der Waals surface area contributed by atoms with E-state index in [0.29, 0.717) is 12.6 Å². The van der Waals surface area contributed by atoms with E-state index in [4.69, 9.17) is 10.5 Å². The van der Waals surface area contributed by atoms with Crippen LogP contribution in [-0.4, -0.2) is 43.3 Å². The lowest BCUT2D eigenvalue weighted by Gasteiger charge is -2.27. The molecule has 0 saturated carbocycles. The number of rotatable bonds is 6. The van der Waals surface area contributed by atoms with Crippen LogP contribution in [0.15, 0.2) is 6.07 Å². The van der Waals surface area contributed by atoms with Crippen LogP contribution < -0.4 is 16.0 Å². The van der Waals surface area contributed by atoms with E-state index in [2.05, 4.69) is 34.0 Å². The van der Waals surface area contributed by atoms with Crippen molar-refractivity contribution >= 4 is 17.6 Å². The number of nitrogens with zero attached hydrogens (tertiary/aromatic N) is 3. The highest BCUT2D eigenvalue weighted by Gasteiger charge is 2.13. The predicted molar refractivity (Wildman–Crippen MR) is 70.3 cm³/mol. The van der Waals surface area contributed by atoms with Gasteiger partial charge in [-0.1, -0.05) is 0 Å². The van der Waals surface area contributed by atoms with Gasteiger partial charge in [-0.25, -0.2) is 0 Å². The zero-order chi connectivity index (χ0) is 12.8. The lowest BCUT2D eigenvalue weighted by atomic mass is 10.3. The second kappa shape index (κ2) is 6.24. The predicted octanol–water partition coefficient (Wildman–Crippen LogP) is 0.962. The zero-order valence-electron chi connectivity index (χ0n) is 10.9. The molecule has 1 aromatic rings. The Morgan fingerprint density at radius 3 is 2.71 bits per heavy atom. The third-order valence-electron chi connectivity index (χ3n) is 2.44.